The molecule has 1 heterocycles. The summed E-state index contributed by atoms with van der Waals surface area (Å²) in [5, 5.41) is 8.69. The van der Waals surface area contributed by atoms with Crippen LogP contribution in [0.15, 0.2) is 30.3 Å². The lowest BCUT2D eigenvalue weighted by molar-refractivity contribution is 0.0778. The normalized spacial score (nSPS) is 10.4. The van der Waals surface area contributed by atoms with Gasteiger partial charge in [0.2, 0.25) is 0 Å². The average molecular weight is 331 g/mol. The molecule has 1 amide bonds. The molecule has 104 valence electrons. The van der Waals surface area contributed by atoms with Crippen molar-refractivity contribution in [3.8, 4) is 0 Å². The fraction of sp³-hybridized carbons (Fsp3) is 0.154. The molecule has 0 bridgehead atoms. The van der Waals surface area contributed by atoms with E-state index in [0.717, 1.165) is 5.56 Å². The van der Waals surface area contributed by atoms with E-state index >= 15 is 0 Å². The zero-order chi connectivity index (χ0) is 14.7. The Hall–Kier alpha value is -1.36. The molecule has 0 spiro atoms. The summed E-state index contributed by atoms with van der Waals surface area (Å²) in [6.45, 7) is 0.365. The summed E-state index contributed by atoms with van der Waals surface area (Å²) in [6, 6.07) is 8.19. The van der Waals surface area contributed by atoms with Gasteiger partial charge in [-0.1, -0.05) is 34.8 Å². The third-order valence-electron chi connectivity index (χ3n) is 2.54. The molecule has 4 nitrogen and oxygen atoms in total. The van der Waals surface area contributed by atoms with Crippen LogP contribution in [0, 0.1) is 0 Å². The smallest absolute Gasteiger partial charge is 0.274 e. The van der Waals surface area contributed by atoms with Gasteiger partial charge in [-0.3, -0.25) is 4.79 Å². The van der Waals surface area contributed by atoms with E-state index in [1.807, 2.05) is 0 Å². The lowest BCUT2D eigenvalue weighted by atomic mass is 10.2. The first kappa shape index (κ1) is 15.0. The number of hydrogen-bond donors (Lipinski definition) is 0. The molecule has 0 saturated heterocycles. The van der Waals surface area contributed by atoms with Crippen LogP contribution in [0.3, 0.4) is 0 Å². The predicted octanol–water partition coefficient (Wildman–Crippen LogP) is 3.71. The largest absolute Gasteiger partial charge is 0.336 e. The standard InChI is InChI=1S/C13H10Cl3N3O/c1-19(7-8-4-9(14)6-10(15)5-8)13(20)11-2-3-12(16)18-17-11/h2-6H,7H2,1H3. The summed E-state index contributed by atoms with van der Waals surface area (Å²) < 4.78 is 0. The molecule has 0 saturated carbocycles. The lowest BCUT2D eigenvalue weighted by Gasteiger charge is -2.16. The summed E-state index contributed by atoms with van der Waals surface area (Å²) in [7, 11) is 1.66. The van der Waals surface area contributed by atoms with Crippen molar-refractivity contribution in [2.24, 2.45) is 0 Å². The minimum Gasteiger partial charge on any atom is -0.336 e. The van der Waals surface area contributed by atoms with E-state index in [9.17, 15) is 4.79 Å². The Morgan fingerprint density at radius 2 is 1.75 bits per heavy atom. The van der Waals surface area contributed by atoms with Gasteiger partial charge in [0.1, 0.15) is 0 Å². The van der Waals surface area contributed by atoms with Crippen molar-refractivity contribution in [2.75, 3.05) is 7.05 Å². The Bertz CT molecular complexity index is 611. The number of benzene rings is 1. The quantitative estimate of drug-likeness (QED) is 0.862. The van der Waals surface area contributed by atoms with Gasteiger partial charge in [0.15, 0.2) is 10.8 Å². The average Bonchev–Trinajstić information content (AvgIpc) is 2.37. The number of rotatable bonds is 3. The van der Waals surface area contributed by atoms with Crippen LogP contribution in [-0.2, 0) is 6.54 Å². The van der Waals surface area contributed by atoms with Gasteiger partial charge in [-0.05, 0) is 35.9 Å². The van der Waals surface area contributed by atoms with E-state index in [2.05, 4.69) is 10.2 Å². The zero-order valence-corrected chi connectivity index (χ0v) is 12.7. The highest BCUT2D eigenvalue weighted by atomic mass is 35.5. The van der Waals surface area contributed by atoms with Crippen LogP contribution in [-0.4, -0.2) is 28.1 Å². The minimum absolute atomic E-state index is 0.227. The Morgan fingerprint density at radius 1 is 1.10 bits per heavy atom. The number of halogens is 3. The molecular weight excluding hydrogens is 321 g/mol. The van der Waals surface area contributed by atoms with Gasteiger partial charge in [-0.2, -0.15) is 0 Å². The Balaban J connectivity index is 2.13. The summed E-state index contributed by atoms with van der Waals surface area (Å²) in [5.41, 5.74) is 1.06. The maximum absolute atomic E-state index is 12.1. The predicted molar refractivity (Wildman–Crippen MR) is 79.3 cm³/mol. The molecule has 0 unspecified atom stereocenters. The van der Waals surface area contributed by atoms with Crippen LogP contribution >= 0.6 is 34.8 Å². The third kappa shape index (κ3) is 3.82. The van der Waals surface area contributed by atoms with Gasteiger partial charge in [-0.25, -0.2) is 0 Å². The fourth-order valence-corrected chi connectivity index (χ4v) is 2.35. The molecule has 0 radical (unpaired) electrons. The van der Waals surface area contributed by atoms with E-state index in [-0.39, 0.29) is 16.8 Å². The molecule has 0 N–H and O–H groups in total. The zero-order valence-electron chi connectivity index (χ0n) is 10.5. The molecule has 1 aromatic carbocycles. The van der Waals surface area contributed by atoms with Crippen molar-refractivity contribution in [1.29, 1.82) is 0 Å². The van der Waals surface area contributed by atoms with Crippen LogP contribution in [0.1, 0.15) is 16.1 Å². The molecule has 0 atom stereocenters. The second kappa shape index (κ2) is 6.39. The molecule has 2 rings (SSSR count). The monoisotopic (exact) mass is 329 g/mol. The van der Waals surface area contributed by atoms with Gasteiger partial charge >= 0.3 is 0 Å². The van der Waals surface area contributed by atoms with Gasteiger partial charge in [0, 0.05) is 23.6 Å². The maximum Gasteiger partial charge on any atom is 0.274 e. The molecule has 20 heavy (non-hydrogen) atoms. The molecule has 0 aliphatic heterocycles. The number of carbonyl (C=O) groups excluding carboxylic acids is 1. The molecule has 0 fully saturated rings. The highest BCUT2D eigenvalue weighted by Gasteiger charge is 2.14. The molecule has 1 aromatic heterocycles. The van der Waals surface area contributed by atoms with Crippen molar-refractivity contribution >= 4 is 40.7 Å². The van der Waals surface area contributed by atoms with Crippen molar-refractivity contribution in [3.05, 3.63) is 56.8 Å². The third-order valence-corrected chi connectivity index (χ3v) is 3.18. The molecular formula is C13H10Cl3N3O. The second-order valence-corrected chi connectivity index (χ2v) is 5.44. The van der Waals surface area contributed by atoms with E-state index < -0.39 is 0 Å². The number of amides is 1. The molecule has 7 heteroatoms. The van der Waals surface area contributed by atoms with E-state index in [4.69, 9.17) is 34.8 Å². The van der Waals surface area contributed by atoms with Crippen molar-refractivity contribution in [1.82, 2.24) is 15.1 Å². The van der Waals surface area contributed by atoms with Crippen LogP contribution in [0.5, 0.6) is 0 Å². The SMILES string of the molecule is CN(Cc1cc(Cl)cc(Cl)c1)C(=O)c1ccc(Cl)nn1. The van der Waals surface area contributed by atoms with Crippen LogP contribution in [0.4, 0.5) is 0 Å². The van der Waals surface area contributed by atoms with E-state index in [0.29, 0.717) is 16.6 Å². The summed E-state index contributed by atoms with van der Waals surface area (Å²) in [6.07, 6.45) is 0. The number of carbonyl (C=O) groups is 1. The first-order valence-electron chi connectivity index (χ1n) is 5.65. The van der Waals surface area contributed by atoms with Crippen molar-refractivity contribution in [2.45, 2.75) is 6.54 Å². The molecule has 0 aliphatic rings. The van der Waals surface area contributed by atoms with Crippen molar-refractivity contribution in [3.63, 3.8) is 0 Å². The molecule has 2 aromatic rings. The van der Waals surface area contributed by atoms with Crippen LogP contribution in [0.2, 0.25) is 15.2 Å². The highest BCUT2D eigenvalue weighted by Crippen LogP contribution is 2.20. The van der Waals surface area contributed by atoms with Gasteiger partial charge < -0.3 is 4.90 Å². The molecule has 0 aliphatic carbocycles. The maximum atomic E-state index is 12.1. The summed E-state index contributed by atoms with van der Waals surface area (Å²) in [5.74, 6) is -0.259. The second-order valence-electron chi connectivity index (χ2n) is 4.18. The Morgan fingerprint density at radius 3 is 2.30 bits per heavy atom. The Kier molecular flexibility index (Phi) is 4.81. The summed E-state index contributed by atoms with van der Waals surface area (Å²) >= 11 is 17.5. The first-order valence-corrected chi connectivity index (χ1v) is 6.79. The Labute approximate surface area is 131 Å². The van der Waals surface area contributed by atoms with Gasteiger partial charge in [0.25, 0.3) is 5.91 Å². The number of hydrogen-bond acceptors (Lipinski definition) is 3. The highest BCUT2D eigenvalue weighted by molar-refractivity contribution is 6.34. The van der Waals surface area contributed by atoms with Crippen LogP contribution in [0.25, 0.3) is 0 Å². The van der Waals surface area contributed by atoms with E-state index in [1.165, 1.54) is 17.0 Å². The number of aromatic nitrogens is 2. The van der Waals surface area contributed by atoms with Crippen LogP contribution < -0.4 is 0 Å². The topological polar surface area (TPSA) is 46.1 Å². The fourth-order valence-electron chi connectivity index (χ4n) is 1.67. The van der Waals surface area contributed by atoms with Crippen molar-refractivity contribution < 1.29 is 4.79 Å². The lowest BCUT2D eigenvalue weighted by Crippen LogP contribution is -2.27. The first-order chi connectivity index (χ1) is 9.45. The van der Waals surface area contributed by atoms with Gasteiger partial charge in [0.05, 0.1) is 0 Å². The number of nitrogens with zero attached hydrogens (tertiary/aromatic N) is 3. The van der Waals surface area contributed by atoms with Gasteiger partial charge in [-0.15, -0.1) is 10.2 Å². The minimum atomic E-state index is -0.259. The van der Waals surface area contributed by atoms with E-state index in [1.54, 1.807) is 25.2 Å². The summed E-state index contributed by atoms with van der Waals surface area (Å²) in [4.78, 5) is 13.6.